The van der Waals surface area contributed by atoms with Crippen molar-refractivity contribution in [1.82, 2.24) is 0 Å². The van der Waals surface area contributed by atoms with E-state index in [1.54, 1.807) is 0 Å². The quantitative estimate of drug-likeness (QED) is 0.688. The van der Waals surface area contributed by atoms with E-state index in [1.807, 2.05) is 6.07 Å². The Morgan fingerprint density at radius 3 is 2.53 bits per heavy atom. The van der Waals surface area contributed by atoms with Crippen LogP contribution in [0.1, 0.15) is 22.7 Å². The van der Waals surface area contributed by atoms with Crippen LogP contribution in [-0.2, 0) is 6.42 Å². The highest BCUT2D eigenvalue weighted by Crippen LogP contribution is 2.37. The van der Waals surface area contributed by atoms with E-state index in [0.29, 0.717) is 30.6 Å². The van der Waals surface area contributed by atoms with Gasteiger partial charge < -0.3 is 13.9 Å². The highest BCUT2D eigenvalue weighted by atomic mass is 16.5. The molecule has 0 atom stereocenters. The maximum Gasteiger partial charge on any atom is 0.212 e. The molecule has 80 valence electrons. The van der Waals surface area contributed by atoms with E-state index >= 15 is 0 Å². The van der Waals surface area contributed by atoms with Crippen LogP contribution in [0.4, 0.5) is 0 Å². The van der Waals surface area contributed by atoms with Crippen LogP contribution in [0.5, 0.6) is 11.5 Å². The predicted octanol–water partition coefficient (Wildman–Crippen LogP) is 1.57. The SMILES string of the molecule is COc1c(C=O)oc(CCC#N)c1OC. The van der Waals surface area contributed by atoms with Crippen molar-refractivity contribution in [2.75, 3.05) is 14.2 Å². The Kier molecular flexibility index (Phi) is 3.75. The van der Waals surface area contributed by atoms with Gasteiger partial charge in [-0.2, -0.15) is 5.26 Å². The number of methoxy groups -OCH3 is 2. The van der Waals surface area contributed by atoms with Crippen molar-refractivity contribution in [1.29, 1.82) is 5.26 Å². The topological polar surface area (TPSA) is 72.5 Å². The number of nitriles is 1. The summed E-state index contributed by atoms with van der Waals surface area (Å²) in [6.45, 7) is 0. The molecule has 0 saturated heterocycles. The van der Waals surface area contributed by atoms with Crippen LogP contribution in [0.15, 0.2) is 4.42 Å². The van der Waals surface area contributed by atoms with Crippen LogP contribution >= 0.6 is 0 Å². The predicted molar refractivity (Wildman–Crippen MR) is 51.1 cm³/mol. The largest absolute Gasteiger partial charge is 0.490 e. The van der Waals surface area contributed by atoms with Crippen LogP contribution in [-0.4, -0.2) is 20.5 Å². The molecular formula is C10H11NO4. The number of rotatable bonds is 5. The second kappa shape index (κ2) is 5.05. The molecule has 5 nitrogen and oxygen atoms in total. The summed E-state index contributed by atoms with van der Waals surface area (Å²) in [5, 5.41) is 8.45. The zero-order chi connectivity index (χ0) is 11.3. The van der Waals surface area contributed by atoms with Gasteiger partial charge in [0, 0.05) is 12.8 Å². The number of aryl methyl sites for hydroxylation is 1. The van der Waals surface area contributed by atoms with Crippen molar-refractivity contribution < 1.29 is 18.7 Å². The van der Waals surface area contributed by atoms with Gasteiger partial charge in [-0.1, -0.05) is 0 Å². The molecule has 0 unspecified atom stereocenters. The highest BCUT2D eigenvalue weighted by Gasteiger charge is 2.21. The molecule has 0 fully saturated rings. The van der Waals surface area contributed by atoms with E-state index in [2.05, 4.69) is 0 Å². The highest BCUT2D eigenvalue weighted by molar-refractivity contribution is 5.78. The maximum atomic E-state index is 10.6. The normalized spacial score (nSPS) is 9.40. The van der Waals surface area contributed by atoms with Gasteiger partial charge in [-0.3, -0.25) is 4.79 Å². The molecule has 0 aromatic carbocycles. The summed E-state index contributed by atoms with van der Waals surface area (Å²) in [4.78, 5) is 10.6. The monoisotopic (exact) mass is 209 g/mol. The third kappa shape index (κ3) is 2.10. The second-order valence-electron chi connectivity index (χ2n) is 2.73. The van der Waals surface area contributed by atoms with Crippen molar-refractivity contribution in [3.05, 3.63) is 11.5 Å². The molecule has 0 aliphatic rings. The zero-order valence-electron chi connectivity index (χ0n) is 8.57. The molecule has 0 spiro atoms. The van der Waals surface area contributed by atoms with Gasteiger partial charge in [0.05, 0.1) is 20.3 Å². The Labute approximate surface area is 87.2 Å². The fraction of sp³-hybridized carbons (Fsp3) is 0.400. The zero-order valence-corrected chi connectivity index (χ0v) is 8.57. The number of aldehydes is 1. The van der Waals surface area contributed by atoms with Crippen LogP contribution in [0.2, 0.25) is 0 Å². The number of hydrogen-bond donors (Lipinski definition) is 0. The molecule has 1 rings (SSSR count). The van der Waals surface area contributed by atoms with E-state index in [9.17, 15) is 4.79 Å². The Bertz CT molecular complexity index is 389. The van der Waals surface area contributed by atoms with Crippen molar-refractivity contribution >= 4 is 6.29 Å². The van der Waals surface area contributed by atoms with Crippen LogP contribution in [0.3, 0.4) is 0 Å². The first-order valence-corrected chi connectivity index (χ1v) is 4.34. The molecular weight excluding hydrogens is 198 g/mol. The molecule has 15 heavy (non-hydrogen) atoms. The summed E-state index contributed by atoms with van der Waals surface area (Å²) in [5.41, 5.74) is 0. The molecule has 1 aromatic heterocycles. The average Bonchev–Trinajstić information content (AvgIpc) is 2.62. The first kappa shape index (κ1) is 11.1. The smallest absolute Gasteiger partial charge is 0.212 e. The first-order valence-electron chi connectivity index (χ1n) is 4.34. The summed E-state index contributed by atoms with van der Waals surface area (Å²) < 4.78 is 15.3. The summed E-state index contributed by atoms with van der Waals surface area (Å²) in [6, 6.07) is 1.99. The fourth-order valence-corrected chi connectivity index (χ4v) is 1.28. The number of nitrogens with zero attached hydrogens (tertiary/aromatic N) is 1. The number of ether oxygens (including phenoxy) is 2. The van der Waals surface area contributed by atoms with Gasteiger partial charge in [0.15, 0.2) is 12.0 Å². The van der Waals surface area contributed by atoms with Crippen LogP contribution < -0.4 is 9.47 Å². The van der Waals surface area contributed by atoms with E-state index in [0.717, 1.165) is 0 Å². The van der Waals surface area contributed by atoms with Gasteiger partial charge in [0.25, 0.3) is 0 Å². The van der Waals surface area contributed by atoms with E-state index in [4.69, 9.17) is 19.2 Å². The van der Waals surface area contributed by atoms with Crippen molar-refractivity contribution in [3.8, 4) is 17.6 Å². The Morgan fingerprint density at radius 2 is 2.07 bits per heavy atom. The minimum absolute atomic E-state index is 0.0855. The molecule has 0 aliphatic carbocycles. The lowest BCUT2D eigenvalue weighted by Gasteiger charge is -2.01. The molecule has 0 amide bonds. The minimum atomic E-state index is 0.0855. The summed E-state index contributed by atoms with van der Waals surface area (Å²) in [6.07, 6.45) is 1.24. The minimum Gasteiger partial charge on any atom is -0.490 e. The molecule has 1 heterocycles. The Morgan fingerprint density at radius 1 is 1.40 bits per heavy atom. The van der Waals surface area contributed by atoms with Gasteiger partial charge in [-0.25, -0.2) is 0 Å². The van der Waals surface area contributed by atoms with Gasteiger partial charge in [0.1, 0.15) is 0 Å². The molecule has 0 saturated carbocycles. The van der Waals surface area contributed by atoms with Crippen LogP contribution in [0, 0.1) is 11.3 Å². The number of hydrogen-bond acceptors (Lipinski definition) is 5. The summed E-state index contributed by atoms with van der Waals surface area (Å²) in [5.74, 6) is 1.20. The first-order chi connectivity index (χ1) is 7.28. The molecule has 0 bridgehead atoms. The molecule has 0 aliphatic heterocycles. The van der Waals surface area contributed by atoms with Gasteiger partial charge >= 0.3 is 0 Å². The van der Waals surface area contributed by atoms with E-state index in [1.165, 1.54) is 14.2 Å². The average molecular weight is 209 g/mol. The van der Waals surface area contributed by atoms with E-state index < -0.39 is 0 Å². The van der Waals surface area contributed by atoms with Gasteiger partial charge in [-0.15, -0.1) is 0 Å². The Balaban J connectivity index is 3.10. The number of carbonyl (C=O) groups is 1. The fourth-order valence-electron chi connectivity index (χ4n) is 1.28. The lowest BCUT2D eigenvalue weighted by Crippen LogP contribution is -1.91. The molecule has 0 N–H and O–H groups in total. The molecule has 1 aromatic rings. The second-order valence-corrected chi connectivity index (χ2v) is 2.73. The van der Waals surface area contributed by atoms with Gasteiger partial charge in [-0.05, 0) is 0 Å². The summed E-state index contributed by atoms with van der Waals surface area (Å²) in [7, 11) is 2.88. The van der Waals surface area contributed by atoms with Crippen molar-refractivity contribution in [2.45, 2.75) is 12.8 Å². The van der Waals surface area contributed by atoms with E-state index in [-0.39, 0.29) is 11.5 Å². The number of carbonyl (C=O) groups excluding carboxylic acids is 1. The lowest BCUT2D eigenvalue weighted by molar-refractivity contribution is 0.109. The third-order valence-corrected chi connectivity index (χ3v) is 1.90. The standard InChI is InChI=1S/C10H11NO4/c1-13-9-7(4-3-5-11)15-8(6-12)10(9)14-2/h6H,3-4H2,1-2H3. The number of furan rings is 1. The molecule has 5 heteroatoms. The van der Waals surface area contributed by atoms with Crippen molar-refractivity contribution in [2.24, 2.45) is 0 Å². The lowest BCUT2D eigenvalue weighted by atomic mass is 10.2. The van der Waals surface area contributed by atoms with Crippen molar-refractivity contribution in [3.63, 3.8) is 0 Å². The molecule has 0 radical (unpaired) electrons. The maximum absolute atomic E-state index is 10.6. The third-order valence-electron chi connectivity index (χ3n) is 1.90. The van der Waals surface area contributed by atoms with Crippen LogP contribution in [0.25, 0.3) is 0 Å². The Hall–Kier alpha value is -1.96. The van der Waals surface area contributed by atoms with Gasteiger partial charge in [0.2, 0.25) is 17.3 Å². The summed E-state index contributed by atoms with van der Waals surface area (Å²) >= 11 is 0.